The van der Waals surface area contributed by atoms with E-state index in [-0.39, 0.29) is 21.8 Å². The number of alkyl halides is 3. The van der Waals surface area contributed by atoms with Gasteiger partial charge in [-0.2, -0.15) is 18.2 Å². The van der Waals surface area contributed by atoms with Gasteiger partial charge in [0.25, 0.3) is 11.2 Å². The molecule has 0 unspecified atom stereocenters. The number of fused-ring (bicyclic) bond motifs is 1. The summed E-state index contributed by atoms with van der Waals surface area (Å²) >= 11 is 0.877. The van der Waals surface area contributed by atoms with E-state index in [2.05, 4.69) is 9.88 Å². The van der Waals surface area contributed by atoms with Crippen molar-refractivity contribution in [2.24, 2.45) is 5.92 Å². The summed E-state index contributed by atoms with van der Waals surface area (Å²) in [6.45, 7) is 3.95. The SMILES string of the molecule is O=c1nc(N2CCN(CC3CCC(OCc4ccc(F)cc4)CC3)CC2)sc2c([N+](=O)[O-])cc(C(F)(F)F)cc12. The third-order valence-electron chi connectivity index (χ3n) is 7.57. The molecule has 5 rings (SSSR count). The monoisotopic (exact) mass is 580 g/mol. The van der Waals surface area contributed by atoms with Crippen LogP contribution in [0, 0.1) is 21.8 Å². The molecular formula is C27H28F4N4O4S. The largest absolute Gasteiger partial charge is 0.416 e. The minimum atomic E-state index is -4.82. The van der Waals surface area contributed by atoms with Crippen LogP contribution in [0.15, 0.2) is 41.2 Å². The number of anilines is 1. The molecule has 0 spiro atoms. The number of hydrogen-bond donors (Lipinski definition) is 0. The molecule has 1 saturated heterocycles. The van der Waals surface area contributed by atoms with Crippen LogP contribution in [0.5, 0.6) is 0 Å². The molecular weight excluding hydrogens is 552 g/mol. The third-order valence-corrected chi connectivity index (χ3v) is 8.73. The van der Waals surface area contributed by atoms with Gasteiger partial charge in [-0.3, -0.25) is 19.8 Å². The lowest BCUT2D eigenvalue weighted by atomic mass is 9.87. The van der Waals surface area contributed by atoms with Gasteiger partial charge in [-0.15, -0.1) is 0 Å². The number of rotatable bonds is 7. The molecule has 0 radical (unpaired) electrons. The van der Waals surface area contributed by atoms with Crippen molar-refractivity contribution in [1.29, 1.82) is 0 Å². The highest BCUT2D eigenvalue weighted by Crippen LogP contribution is 2.38. The van der Waals surface area contributed by atoms with E-state index in [9.17, 15) is 32.5 Å². The van der Waals surface area contributed by atoms with Crippen LogP contribution in [0.4, 0.5) is 28.4 Å². The summed E-state index contributed by atoms with van der Waals surface area (Å²) in [5, 5.41) is 11.4. The number of nitrogens with zero attached hydrogens (tertiary/aromatic N) is 4. The number of ether oxygens (including phenoxy) is 1. The van der Waals surface area contributed by atoms with Crippen LogP contribution in [0.2, 0.25) is 0 Å². The van der Waals surface area contributed by atoms with Gasteiger partial charge in [0.2, 0.25) is 0 Å². The van der Waals surface area contributed by atoms with Gasteiger partial charge in [0.1, 0.15) is 10.5 Å². The summed E-state index contributed by atoms with van der Waals surface area (Å²) in [5.41, 5.74) is -1.94. The maximum atomic E-state index is 13.2. The van der Waals surface area contributed by atoms with E-state index in [1.807, 2.05) is 4.90 Å². The van der Waals surface area contributed by atoms with Crippen molar-refractivity contribution in [3.05, 3.63) is 73.8 Å². The van der Waals surface area contributed by atoms with E-state index < -0.39 is 33.3 Å². The maximum absolute atomic E-state index is 13.2. The predicted octanol–water partition coefficient (Wildman–Crippen LogP) is 5.62. The minimum Gasteiger partial charge on any atom is -0.374 e. The molecule has 2 fully saturated rings. The van der Waals surface area contributed by atoms with Crippen LogP contribution in [0.25, 0.3) is 10.1 Å². The highest BCUT2D eigenvalue weighted by atomic mass is 32.1. The van der Waals surface area contributed by atoms with Gasteiger partial charge in [-0.25, -0.2) is 4.39 Å². The van der Waals surface area contributed by atoms with Crippen molar-refractivity contribution in [1.82, 2.24) is 9.88 Å². The number of halogens is 4. The fourth-order valence-corrected chi connectivity index (χ4v) is 6.46. The average Bonchev–Trinajstić information content (AvgIpc) is 2.93. The first kappa shape index (κ1) is 28.4. The maximum Gasteiger partial charge on any atom is 0.416 e. The van der Waals surface area contributed by atoms with Crippen molar-refractivity contribution >= 4 is 32.2 Å². The van der Waals surface area contributed by atoms with Crippen LogP contribution in [-0.2, 0) is 17.5 Å². The van der Waals surface area contributed by atoms with Gasteiger partial charge in [0.15, 0.2) is 5.13 Å². The van der Waals surface area contributed by atoms with E-state index in [4.69, 9.17) is 4.74 Å². The lowest BCUT2D eigenvalue weighted by Crippen LogP contribution is -2.48. The molecule has 2 aliphatic rings. The second-order valence-corrected chi connectivity index (χ2v) is 11.3. The molecule has 2 aromatic carbocycles. The van der Waals surface area contributed by atoms with E-state index in [0.717, 1.165) is 62.2 Å². The quantitative estimate of drug-likeness (QED) is 0.204. The summed E-state index contributed by atoms with van der Waals surface area (Å²) in [4.78, 5) is 31.5. The van der Waals surface area contributed by atoms with E-state index in [1.165, 1.54) is 12.1 Å². The molecule has 0 N–H and O–H groups in total. The van der Waals surface area contributed by atoms with Crippen LogP contribution < -0.4 is 10.5 Å². The van der Waals surface area contributed by atoms with Crippen molar-refractivity contribution in [3.8, 4) is 0 Å². The Morgan fingerprint density at radius 3 is 2.35 bits per heavy atom. The number of nitro groups is 1. The van der Waals surface area contributed by atoms with Crippen molar-refractivity contribution in [3.63, 3.8) is 0 Å². The van der Waals surface area contributed by atoms with Crippen LogP contribution in [-0.4, -0.2) is 53.6 Å². The van der Waals surface area contributed by atoms with Crippen LogP contribution >= 0.6 is 11.3 Å². The molecule has 2 heterocycles. The molecule has 13 heteroatoms. The average molecular weight is 581 g/mol. The highest BCUT2D eigenvalue weighted by Gasteiger charge is 2.34. The highest BCUT2D eigenvalue weighted by molar-refractivity contribution is 7.22. The zero-order chi connectivity index (χ0) is 28.4. The fraction of sp³-hybridized carbons (Fsp3) is 0.481. The molecule has 1 aliphatic heterocycles. The number of nitro benzene ring substituents is 1. The van der Waals surface area contributed by atoms with Gasteiger partial charge >= 0.3 is 6.18 Å². The predicted molar refractivity (Wildman–Crippen MR) is 143 cm³/mol. The Bertz CT molecular complexity index is 1420. The molecule has 0 bridgehead atoms. The molecule has 3 aromatic rings. The Hall–Kier alpha value is -3.16. The lowest BCUT2D eigenvalue weighted by molar-refractivity contribution is -0.383. The van der Waals surface area contributed by atoms with E-state index in [1.54, 1.807) is 12.1 Å². The Balaban J connectivity index is 1.15. The Kier molecular flexibility index (Phi) is 8.34. The molecule has 40 heavy (non-hydrogen) atoms. The summed E-state index contributed by atoms with van der Waals surface area (Å²) in [5.74, 6) is 0.277. The molecule has 0 amide bonds. The number of benzene rings is 2. The standard InChI is InChI=1S/C27H28F4N4O4S/c28-20-5-1-18(2-6-20)16-39-21-7-3-17(4-8-21)15-33-9-11-34(12-10-33)26-32-25(36)22-13-19(27(29,30)31)14-23(35(37)38)24(22)40-26/h1-2,5-6,13-14,17,21H,3-4,7-12,15-16H2. The van der Waals surface area contributed by atoms with Gasteiger partial charge in [0, 0.05) is 38.8 Å². The van der Waals surface area contributed by atoms with Gasteiger partial charge in [-0.05, 0) is 55.4 Å². The topological polar surface area (TPSA) is 88.8 Å². The van der Waals surface area contributed by atoms with Gasteiger partial charge < -0.3 is 9.64 Å². The van der Waals surface area contributed by atoms with Gasteiger partial charge in [0.05, 0.1) is 28.6 Å². The number of piperazine rings is 1. The van der Waals surface area contributed by atoms with Crippen LogP contribution in [0.1, 0.15) is 36.8 Å². The smallest absolute Gasteiger partial charge is 0.374 e. The normalized spacial score (nSPS) is 20.6. The van der Waals surface area contributed by atoms with Crippen molar-refractivity contribution in [2.45, 2.75) is 44.6 Å². The molecule has 8 nitrogen and oxygen atoms in total. The second-order valence-electron chi connectivity index (χ2n) is 10.3. The first-order valence-electron chi connectivity index (χ1n) is 13.1. The first-order valence-corrected chi connectivity index (χ1v) is 13.9. The molecule has 1 saturated carbocycles. The van der Waals surface area contributed by atoms with E-state index >= 15 is 0 Å². The zero-order valence-corrected chi connectivity index (χ0v) is 22.3. The Labute approximate surface area is 231 Å². The minimum absolute atomic E-state index is 0.103. The van der Waals surface area contributed by atoms with E-state index in [0.29, 0.717) is 37.7 Å². The van der Waals surface area contributed by atoms with Gasteiger partial charge in [-0.1, -0.05) is 23.5 Å². The summed E-state index contributed by atoms with van der Waals surface area (Å²) in [6, 6.07) is 7.45. The summed E-state index contributed by atoms with van der Waals surface area (Å²) in [7, 11) is 0. The second kappa shape index (κ2) is 11.8. The van der Waals surface area contributed by atoms with Crippen molar-refractivity contribution < 1.29 is 27.2 Å². The Morgan fingerprint density at radius 2 is 1.73 bits per heavy atom. The summed E-state index contributed by atoms with van der Waals surface area (Å²) in [6.07, 6.45) is -0.597. The van der Waals surface area contributed by atoms with Crippen LogP contribution in [0.3, 0.4) is 0 Å². The number of aromatic nitrogens is 1. The fourth-order valence-electron chi connectivity index (χ4n) is 5.34. The molecule has 0 atom stereocenters. The number of hydrogen-bond acceptors (Lipinski definition) is 8. The lowest BCUT2D eigenvalue weighted by Gasteiger charge is -2.38. The first-order chi connectivity index (χ1) is 19.1. The number of non-ortho nitro benzene ring substituents is 1. The zero-order valence-electron chi connectivity index (χ0n) is 21.5. The third kappa shape index (κ3) is 6.58. The van der Waals surface area contributed by atoms with Crippen molar-refractivity contribution in [2.75, 3.05) is 37.6 Å². The summed E-state index contributed by atoms with van der Waals surface area (Å²) < 4.78 is 58.7. The molecule has 214 valence electrons. The Morgan fingerprint density at radius 1 is 1.05 bits per heavy atom. The molecule has 1 aliphatic carbocycles. The molecule has 1 aromatic heterocycles.